The van der Waals surface area contributed by atoms with Gasteiger partial charge in [0, 0.05) is 95.1 Å². The number of aromatic amines is 1. The number of ether oxygens (including phenoxy) is 1. The number of hydrogen-bond donors (Lipinski definition) is 6. The van der Waals surface area contributed by atoms with Gasteiger partial charge in [0.2, 0.25) is 5.95 Å². The molecule has 1 aliphatic rings. The summed E-state index contributed by atoms with van der Waals surface area (Å²) in [4.78, 5) is 48.3. The number of aliphatic hydroxyl groups excluding tert-OH is 1. The van der Waals surface area contributed by atoms with Crippen LogP contribution in [0.2, 0.25) is 0 Å². The molecule has 1 aliphatic heterocycles. The van der Waals surface area contributed by atoms with Crippen molar-refractivity contribution in [2.45, 2.75) is 24.9 Å². The first kappa shape index (κ1) is 31.3. The van der Waals surface area contributed by atoms with Crippen molar-refractivity contribution in [2.75, 3.05) is 12.3 Å². The van der Waals surface area contributed by atoms with E-state index in [2.05, 4.69) is 23.8 Å². The van der Waals surface area contributed by atoms with Crippen LogP contribution < -0.4 is 11.3 Å². The first-order valence-corrected chi connectivity index (χ1v) is 10.3. The number of aromatic nitrogens is 4. The van der Waals surface area contributed by atoms with E-state index in [4.69, 9.17) is 20.3 Å². The third kappa shape index (κ3) is 7.97. The monoisotopic (exact) mass is 496 g/mol. The minimum atomic E-state index is -5.26. The number of nitrogens with one attached hydrogen (secondary N) is 1. The van der Waals surface area contributed by atoms with E-state index in [1.54, 1.807) is 0 Å². The Morgan fingerprint density at radius 3 is 2.53 bits per heavy atom. The standard InChI is InChI=1S/C10H15N5O10P2.3Na/c11-10-13-8-7(9(17)14-10)12-3-15(8)6-1-4(16)5(24-6)2-23-27(21,22)25-26(18,19)20;;;/h3-6,16H,1-2H2,(H,21,22)(H2,18,19,20)(H3,11,13,14,17);;;/t4-,5+,6+;;;/m0.../s1. The summed E-state index contributed by atoms with van der Waals surface area (Å²) in [6.45, 7) is -0.700. The topological polar surface area (TPSA) is 232 Å². The van der Waals surface area contributed by atoms with Crippen LogP contribution in [0.4, 0.5) is 5.95 Å². The van der Waals surface area contributed by atoms with Crippen molar-refractivity contribution >= 4 is 121 Å². The van der Waals surface area contributed by atoms with Crippen molar-refractivity contribution in [3.63, 3.8) is 0 Å². The fraction of sp³-hybridized carbons (Fsp3) is 0.500. The number of anilines is 1. The van der Waals surface area contributed by atoms with E-state index in [1.807, 2.05) is 0 Å². The molecule has 3 rings (SSSR count). The van der Waals surface area contributed by atoms with Crippen molar-refractivity contribution in [1.29, 1.82) is 0 Å². The summed E-state index contributed by atoms with van der Waals surface area (Å²) in [7, 11) is -10.3. The van der Waals surface area contributed by atoms with Gasteiger partial charge in [-0.1, -0.05) is 0 Å². The number of phosphoric acid groups is 2. The molecule has 20 heteroatoms. The molecule has 30 heavy (non-hydrogen) atoms. The molecule has 1 fully saturated rings. The van der Waals surface area contributed by atoms with Crippen molar-refractivity contribution in [3.8, 4) is 0 Å². The zero-order valence-corrected chi connectivity index (χ0v) is 24.1. The molecule has 1 saturated heterocycles. The van der Waals surface area contributed by atoms with Gasteiger partial charge in [0.15, 0.2) is 11.2 Å². The summed E-state index contributed by atoms with van der Waals surface area (Å²) >= 11 is 0. The normalized spacial score (nSPS) is 23.1. The molecular formula is C10H15N5Na3O10P2. The van der Waals surface area contributed by atoms with Gasteiger partial charge < -0.3 is 30.3 Å². The Balaban J connectivity index is 0.00000280. The number of rotatable bonds is 6. The van der Waals surface area contributed by atoms with E-state index in [0.717, 1.165) is 0 Å². The van der Waals surface area contributed by atoms with Crippen LogP contribution in [-0.2, 0) is 22.7 Å². The first-order valence-electron chi connectivity index (χ1n) is 7.25. The zero-order chi connectivity index (χ0) is 20.0. The molecule has 2 aromatic heterocycles. The number of imidazole rings is 1. The van der Waals surface area contributed by atoms with Gasteiger partial charge in [-0.25, -0.2) is 14.1 Å². The number of nitrogen functional groups attached to an aromatic ring is 1. The van der Waals surface area contributed by atoms with Crippen LogP contribution in [0.15, 0.2) is 11.1 Å². The molecule has 0 saturated carbocycles. The van der Waals surface area contributed by atoms with Crippen LogP contribution in [-0.4, -0.2) is 147 Å². The van der Waals surface area contributed by atoms with E-state index in [1.165, 1.54) is 10.9 Å². The second kappa shape index (κ2) is 12.2. The number of hydrogen-bond acceptors (Lipinski definition) is 10. The largest absolute Gasteiger partial charge is 0.481 e. The van der Waals surface area contributed by atoms with Crippen molar-refractivity contribution < 1.29 is 42.5 Å². The van der Waals surface area contributed by atoms with E-state index >= 15 is 0 Å². The van der Waals surface area contributed by atoms with E-state index in [0.29, 0.717) is 0 Å². The average molecular weight is 496 g/mol. The Morgan fingerprint density at radius 1 is 1.30 bits per heavy atom. The van der Waals surface area contributed by atoms with Gasteiger partial charge in [-0.3, -0.25) is 18.9 Å². The second-order valence-corrected chi connectivity index (χ2v) is 8.37. The van der Waals surface area contributed by atoms with Crippen LogP contribution in [0.5, 0.6) is 0 Å². The molecule has 7 N–H and O–H groups in total. The van der Waals surface area contributed by atoms with Gasteiger partial charge in [0.25, 0.3) is 5.56 Å². The molecular weight excluding hydrogens is 481 g/mol. The molecule has 153 valence electrons. The third-order valence-electron chi connectivity index (χ3n) is 3.58. The summed E-state index contributed by atoms with van der Waals surface area (Å²) in [5.41, 5.74) is 5.03. The predicted molar refractivity (Wildman–Crippen MR) is 103 cm³/mol. The number of H-pyrrole nitrogens is 1. The molecule has 3 radical (unpaired) electrons. The summed E-state index contributed by atoms with van der Waals surface area (Å²) in [5.74, 6) is -0.150. The van der Waals surface area contributed by atoms with Crippen LogP contribution in [0.1, 0.15) is 12.6 Å². The maximum Gasteiger partial charge on any atom is 0.481 e. The van der Waals surface area contributed by atoms with E-state index < -0.39 is 46.2 Å². The number of aliphatic hydroxyl groups is 1. The van der Waals surface area contributed by atoms with Gasteiger partial charge in [-0.15, -0.1) is 0 Å². The summed E-state index contributed by atoms with van der Waals surface area (Å²) < 4.78 is 37.0. The molecule has 1 unspecified atom stereocenters. The second-order valence-electron chi connectivity index (χ2n) is 5.54. The Bertz CT molecular complexity index is 1010. The quantitative estimate of drug-likeness (QED) is 0.179. The van der Waals surface area contributed by atoms with Gasteiger partial charge in [0.1, 0.15) is 12.3 Å². The molecule has 0 aromatic carbocycles. The summed E-state index contributed by atoms with van der Waals surface area (Å²) in [5, 5.41) is 10.1. The van der Waals surface area contributed by atoms with Gasteiger partial charge in [-0.05, 0) is 0 Å². The van der Waals surface area contributed by atoms with Crippen LogP contribution in [0, 0.1) is 0 Å². The zero-order valence-electron chi connectivity index (χ0n) is 16.3. The predicted octanol–water partition coefficient (Wildman–Crippen LogP) is -2.57. The Labute approximate surface area is 234 Å². The summed E-state index contributed by atoms with van der Waals surface area (Å²) in [6.07, 6.45) is -1.91. The van der Waals surface area contributed by atoms with Gasteiger partial charge in [-0.2, -0.15) is 9.29 Å². The molecule has 3 heterocycles. The third-order valence-corrected chi connectivity index (χ3v) is 5.73. The molecule has 2 aromatic rings. The van der Waals surface area contributed by atoms with Gasteiger partial charge >= 0.3 is 15.6 Å². The Hall–Kier alpha value is 1.33. The first-order chi connectivity index (χ1) is 12.5. The fourth-order valence-electron chi connectivity index (χ4n) is 2.52. The minimum absolute atomic E-state index is 0. The smallest absolute Gasteiger partial charge is 0.390 e. The van der Waals surface area contributed by atoms with Crippen LogP contribution >= 0.6 is 15.6 Å². The number of nitrogens with two attached hydrogens (primary N) is 1. The maximum atomic E-state index is 11.8. The van der Waals surface area contributed by atoms with Crippen molar-refractivity contribution in [3.05, 3.63) is 16.7 Å². The Kier molecular flexibility index (Phi) is 12.7. The van der Waals surface area contributed by atoms with Crippen LogP contribution in [0.25, 0.3) is 11.2 Å². The number of nitrogens with zero attached hydrogens (tertiary/aromatic N) is 3. The van der Waals surface area contributed by atoms with Gasteiger partial charge in [0.05, 0.1) is 19.0 Å². The van der Waals surface area contributed by atoms with Crippen molar-refractivity contribution in [2.24, 2.45) is 0 Å². The molecule has 15 nitrogen and oxygen atoms in total. The molecule has 0 aliphatic carbocycles. The average Bonchev–Trinajstić information content (AvgIpc) is 3.06. The maximum absolute atomic E-state index is 11.8. The number of phosphoric ester groups is 1. The van der Waals surface area contributed by atoms with Crippen LogP contribution in [0.3, 0.4) is 0 Å². The minimum Gasteiger partial charge on any atom is -0.390 e. The van der Waals surface area contributed by atoms with Crippen molar-refractivity contribution in [1.82, 2.24) is 19.5 Å². The molecule has 0 spiro atoms. The fourth-order valence-corrected chi connectivity index (χ4v) is 4.11. The summed E-state index contributed by atoms with van der Waals surface area (Å²) in [6, 6.07) is 0. The SMILES string of the molecule is Nc1nc2c(ncn2[C@H]2C[C@H](O)[C@@H](COP(=O)(O)OP(=O)(O)O)O2)c(=O)[nH]1.[Na].[Na].[Na]. The molecule has 0 bridgehead atoms. The molecule has 0 amide bonds. The Morgan fingerprint density at radius 2 is 1.93 bits per heavy atom. The van der Waals surface area contributed by atoms with E-state index in [-0.39, 0.29) is 112 Å². The molecule has 4 atom stereocenters. The number of fused-ring (bicyclic) bond motifs is 1. The van der Waals surface area contributed by atoms with E-state index in [9.17, 15) is 23.9 Å².